The van der Waals surface area contributed by atoms with E-state index < -0.39 is 23.8 Å². The number of Topliss-reactive ketones (excluding diaryl/α,β-unsaturated/α-hetero) is 1. The molecule has 0 fully saturated rings. The Hall–Kier alpha value is -3.67. The molecule has 0 radical (unpaired) electrons. The number of ketones is 1. The van der Waals surface area contributed by atoms with E-state index in [1.54, 1.807) is 13.8 Å². The Morgan fingerprint density at radius 3 is 2.09 bits per heavy atom. The van der Waals surface area contributed by atoms with E-state index in [0.717, 1.165) is 16.8 Å². The second kappa shape index (κ2) is 10.1. The van der Waals surface area contributed by atoms with Crippen LogP contribution < -0.4 is 5.32 Å². The highest BCUT2D eigenvalue weighted by molar-refractivity contribution is 6.13. The van der Waals surface area contributed by atoms with Crippen LogP contribution in [0.15, 0.2) is 83.2 Å². The molecule has 0 saturated heterocycles. The molecule has 6 nitrogen and oxygen atoms in total. The van der Waals surface area contributed by atoms with Gasteiger partial charge in [0.25, 0.3) is 0 Å². The van der Waals surface area contributed by atoms with Crippen molar-refractivity contribution in [1.82, 2.24) is 5.32 Å². The number of ether oxygens (including phenoxy) is 2. The van der Waals surface area contributed by atoms with Crippen LogP contribution in [-0.4, -0.2) is 30.9 Å². The fourth-order valence-corrected chi connectivity index (χ4v) is 5.01. The normalized spacial score (nSPS) is 22.1. The average molecular weight is 460 g/mol. The third kappa shape index (κ3) is 4.28. The number of esters is 2. The van der Waals surface area contributed by atoms with Gasteiger partial charge in [-0.3, -0.25) is 9.59 Å². The van der Waals surface area contributed by atoms with Gasteiger partial charge in [0.1, 0.15) is 5.92 Å². The van der Waals surface area contributed by atoms with Gasteiger partial charge in [0, 0.05) is 28.8 Å². The van der Waals surface area contributed by atoms with Crippen molar-refractivity contribution in [2.45, 2.75) is 39.0 Å². The van der Waals surface area contributed by atoms with Crippen LogP contribution in [0.2, 0.25) is 0 Å². The minimum atomic E-state index is -0.990. The van der Waals surface area contributed by atoms with Gasteiger partial charge < -0.3 is 14.8 Å². The van der Waals surface area contributed by atoms with E-state index in [1.165, 1.54) is 0 Å². The monoisotopic (exact) mass is 459 g/mol. The van der Waals surface area contributed by atoms with Crippen molar-refractivity contribution in [3.05, 3.63) is 94.3 Å². The van der Waals surface area contributed by atoms with E-state index in [0.29, 0.717) is 23.3 Å². The van der Waals surface area contributed by atoms with Crippen molar-refractivity contribution < 1.29 is 23.9 Å². The van der Waals surface area contributed by atoms with Gasteiger partial charge in [-0.25, -0.2) is 4.79 Å². The molecule has 1 N–H and O–H groups in total. The van der Waals surface area contributed by atoms with Crippen LogP contribution in [0.25, 0.3) is 0 Å². The summed E-state index contributed by atoms with van der Waals surface area (Å²) in [5, 5.41) is 3.31. The average Bonchev–Trinajstić information content (AvgIpc) is 2.84. The molecule has 0 bridgehead atoms. The lowest BCUT2D eigenvalue weighted by Gasteiger charge is -2.39. The topological polar surface area (TPSA) is 81.7 Å². The van der Waals surface area contributed by atoms with Gasteiger partial charge in [-0.05, 0) is 38.3 Å². The zero-order valence-corrected chi connectivity index (χ0v) is 19.7. The van der Waals surface area contributed by atoms with Crippen LogP contribution in [-0.2, 0) is 23.9 Å². The summed E-state index contributed by atoms with van der Waals surface area (Å²) in [6, 6.07) is 19.0. The molecule has 1 aliphatic carbocycles. The molecule has 0 unspecified atom stereocenters. The van der Waals surface area contributed by atoms with Crippen molar-refractivity contribution in [2.75, 3.05) is 13.2 Å². The summed E-state index contributed by atoms with van der Waals surface area (Å²) >= 11 is 0. The lowest BCUT2D eigenvalue weighted by molar-refractivity contribution is -0.152. The van der Waals surface area contributed by atoms with Crippen molar-refractivity contribution >= 4 is 17.7 Å². The third-order valence-electron chi connectivity index (χ3n) is 6.42. The number of carbonyl (C=O) groups excluding carboxylic acids is 3. The number of benzene rings is 2. The zero-order valence-electron chi connectivity index (χ0n) is 19.7. The maximum Gasteiger partial charge on any atom is 0.336 e. The first-order valence-corrected chi connectivity index (χ1v) is 11.7. The summed E-state index contributed by atoms with van der Waals surface area (Å²) in [4.78, 5) is 40.2. The van der Waals surface area contributed by atoms with E-state index in [1.807, 2.05) is 67.6 Å². The van der Waals surface area contributed by atoms with Crippen LogP contribution >= 0.6 is 0 Å². The molecular formula is C28H29NO5. The molecule has 1 aliphatic heterocycles. The number of hydrogen-bond acceptors (Lipinski definition) is 6. The molecule has 0 aromatic heterocycles. The molecule has 1 heterocycles. The van der Waals surface area contributed by atoms with Crippen molar-refractivity contribution in [1.29, 1.82) is 0 Å². The molecule has 4 rings (SSSR count). The molecule has 3 atom stereocenters. The number of dihydropyridines is 1. The lowest BCUT2D eigenvalue weighted by Crippen LogP contribution is -2.43. The molecule has 176 valence electrons. The lowest BCUT2D eigenvalue weighted by atomic mass is 9.67. The SMILES string of the molecule is CCOC(=O)C1=C(C)NC2=C(C(=O)[C@H](C(=O)OCC)[C@@H](c3ccccc3)C2)[C@H]1c1ccccc1. The molecule has 2 aromatic carbocycles. The van der Waals surface area contributed by atoms with Gasteiger partial charge in [-0.15, -0.1) is 0 Å². The number of carbonyl (C=O) groups is 3. The molecule has 34 heavy (non-hydrogen) atoms. The van der Waals surface area contributed by atoms with Crippen molar-refractivity contribution in [3.63, 3.8) is 0 Å². The Bertz CT molecular complexity index is 1150. The molecule has 0 amide bonds. The minimum absolute atomic E-state index is 0.184. The Labute approximate surface area is 199 Å². The predicted octanol–water partition coefficient (Wildman–Crippen LogP) is 4.40. The Morgan fingerprint density at radius 2 is 1.50 bits per heavy atom. The maximum atomic E-state index is 14.1. The first-order chi connectivity index (χ1) is 16.5. The molecular weight excluding hydrogens is 430 g/mol. The van der Waals surface area contributed by atoms with Crippen molar-refractivity contribution in [3.8, 4) is 0 Å². The number of nitrogens with one attached hydrogen (secondary N) is 1. The highest BCUT2D eigenvalue weighted by atomic mass is 16.5. The molecule has 6 heteroatoms. The zero-order chi connectivity index (χ0) is 24.2. The van der Waals surface area contributed by atoms with E-state index >= 15 is 0 Å². The third-order valence-corrected chi connectivity index (χ3v) is 6.42. The summed E-state index contributed by atoms with van der Waals surface area (Å²) in [5.74, 6) is -3.31. The number of rotatable bonds is 6. The van der Waals surface area contributed by atoms with Gasteiger partial charge in [0.2, 0.25) is 0 Å². The van der Waals surface area contributed by atoms with E-state index in [2.05, 4.69) is 5.32 Å². The summed E-state index contributed by atoms with van der Waals surface area (Å²) in [6.45, 7) is 5.71. The smallest absolute Gasteiger partial charge is 0.336 e. The Morgan fingerprint density at radius 1 is 0.912 bits per heavy atom. The van der Waals surface area contributed by atoms with Crippen LogP contribution in [0.3, 0.4) is 0 Å². The van der Waals surface area contributed by atoms with E-state index in [-0.39, 0.29) is 24.9 Å². The second-order valence-electron chi connectivity index (χ2n) is 8.44. The molecule has 2 aliphatic rings. The fourth-order valence-electron chi connectivity index (χ4n) is 5.01. The van der Waals surface area contributed by atoms with Gasteiger partial charge in [-0.1, -0.05) is 60.7 Å². The van der Waals surface area contributed by atoms with Gasteiger partial charge >= 0.3 is 11.9 Å². The highest BCUT2D eigenvalue weighted by Crippen LogP contribution is 2.48. The second-order valence-corrected chi connectivity index (χ2v) is 8.44. The summed E-state index contributed by atoms with van der Waals surface area (Å²) in [5.41, 5.74) is 3.91. The van der Waals surface area contributed by atoms with Crippen LogP contribution in [0.1, 0.15) is 50.2 Å². The molecule has 0 spiro atoms. The first-order valence-electron chi connectivity index (χ1n) is 11.7. The molecule has 2 aromatic rings. The largest absolute Gasteiger partial charge is 0.465 e. The van der Waals surface area contributed by atoms with Crippen molar-refractivity contribution in [2.24, 2.45) is 5.92 Å². The highest BCUT2D eigenvalue weighted by Gasteiger charge is 2.49. The quantitative estimate of drug-likeness (QED) is 0.509. The minimum Gasteiger partial charge on any atom is -0.465 e. The molecule has 0 saturated carbocycles. The van der Waals surface area contributed by atoms with Crippen LogP contribution in [0, 0.1) is 5.92 Å². The predicted molar refractivity (Wildman–Crippen MR) is 128 cm³/mol. The van der Waals surface area contributed by atoms with Crippen LogP contribution in [0.5, 0.6) is 0 Å². The van der Waals surface area contributed by atoms with Gasteiger partial charge in [-0.2, -0.15) is 0 Å². The van der Waals surface area contributed by atoms with E-state index in [4.69, 9.17) is 9.47 Å². The fraction of sp³-hybridized carbons (Fsp3) is 0.321. The standard InChI is InChI=1S/C28H29NO5/c1-4-33-27(31)22-17(3)29-21-16-20(18-12-8-6-9-13-18)24(28(32)34-5-2)26(30)25(21)23(22)19-14-10-7-11-15-19/h6-15,20,23-24,29H,4-5,16H2,1-3H3/t20-,23+,24-/m1/s1. The van der Waals surface area contributed by atoms with Gasteiger partial charge in [0.15, 0.2) is 5.78 Å². The van der Waals surface area contributed by atoms with Gasteiger partial charge in [0.05, 0.1) is 18.8 Å². The Balaban J connectivity index is 1.88. The van der Waals surface area contributed by atoms with E-state index in [9.17, 15) is 14.4 Å². The number of allylic oxidation sites excluding steroid dienone is 3. The number of hydrogen-bond donors (Lipinski definition) is 1. The summed E-state index contributed by atoms with van der Waals surface area (Å²) in [7, 11) is 0. The summed E-state index contributed by atoms with van der Waals surface area (Å²) in [6.07, 6.45) is 0.450. The van der Waals surface area contributed by atoms with Crippen LogP contribution in [0.4, 0.5) is 0 Å². The summed E-state index contributed by atoms with van der Waals surface area (Å²) < 4.78 is 10.7. The maximum absolute atomic E-state index is 14.1. The first kappa shape index (κ1) is 23.5. The Kier molecular flexibility index (Phi) is 6.96.